The van der Waals surface area contributed by atoms with Crippen LogP contribution in [0.2, 0.25) is 0 Å². The van der Waals surface area contributed by atoms with Gasteiger partial charge in [0.15, 0.2) is 6.17 Å². The van der Waals surface area contributed by atoms with Gasteiger partial charge in [-0.3, -0.25) is 4.79 Å². The lowest BCUT2D eigenvalue weighted by Crippen LogP contribution is -2.28. The summed E-state index contributed by atoms with van der Waals surface area (Å²) in [7, 11) is 0. The normalized spacial score (nSPS) is 21.4. The number of hydrogen-bond acceptors (Lipinski definition) is 2. The maximum Gasteiger partial charge on any atom is 0.204 e. The smallest absolute Gasteiger partial charge is 0.204 e. The summed E-state index contributed by atoms with van der Waals surface area (Å²) in [6.07, 6.45) is -1.50. The Morgan fingerprint density at radius 2 is 2.17 bits per heavy atom. The molecule has 1 unspecified atom stereocenters. The summed E-state index contributed by atoms with van der Waals surface area (Å²) in [6, 6.07) is 6.69. The SMILES string of the molecule is O=C1c2ccccc2OCC1F. The van der Waals surface area contributed by atoms with Gasteiger partial charge in [-0.2, -0.15) is 0 Å². The van der Waals surface area contributed by atoms with Crippen LogP contribution < -0.4 is 4.74 Å². The Labute approximate surface area is 69.0 Å². The summed E-state index contributed by atoms with van der Waals surface area (Å²) >= 11 is 0. The zero-order valence-corrected chi connectivity index (χ0v) is 6.29. The second-order valence-electron chi connectivity index (χ2n) is 2.64. The summed E-state index contributed by atoms with van der Waals surface area (Å²) in [5.41, 5.74) is 0.344. The quantitative estimate of drug-likeness (QED) is 0.585. The molecule has 3 heteroatoms. The Hall–Kier alpha value is -1.38. The number of alkyl halides is 1. The number of hydrogen-bond donors (Lipinski definition) is 0. The van der Waals surface area contributed by atoms with E-state index in [-0.39, 0.29) is 6.61 Å². The van der Waals surface area contributed by atoms with Crippen molar-refractivity contribution < 1.29 is 13.9 Å². The van der Waals surface area contributed by atoms with Crippen LogP contribution in [0.5, 0.6) is 5.75 Å². The van der Waals surface area contributed by atoms with Gasteiger partial charge in [0.1, 0.15) is 12.4 Å². The minimum atomic E-state index is -1.50. The molecule has 0 radical (unpaired) electrons. The van der Waals surface area contributed by atoms with E-state index in [9.17, 15) is 9.18 Å². The first-order chi connectivity index (χ1) is 5.79. The second kappa shape index (κ2) is 2.59. The van der Waals surface area contributed by atoms with E-state index in [2.05, 4.69) is 0 Å². The third kappa shape index (κ3) is 0.978. The molecule has 0 saturated carbocycles. The van der Waals surface area contributed by atoms with Gasteiger partial charge in [0, 0.05) is 0 Å². The molecule has 0 bridgehead atoms. The number of carbonyl (C=O) groups excluding carboxylic acids is 1. The maximum atomic E-state index is 12.8. The van der Waals surface area contributed by atoms with Crippen LogP contribution in [0, 0.1) is 0 Å². The summed E-state index contributed by atoms with van der Waals surface area (Å²) in [4.78, 5) is 11.2. The zero-order chi connectivity index (χ0) is 8.55. The van der Waals surface area contributed by atoms with E-state index in [0.29, 0.717) is 11.3 Å². The summed E-state index contributed by atoms with van der Waals surface area (Å²) in [6.45, 7) is -0.157. The topological polar surface area (TPSA) is 26.3 Å². The molecular formula is C9H7FO2. The van der Waals surface area contributed by atoms with E-state index in [1.54, 1.807) is 24.3 Å². The predicted molar refractivity (Wildman–Crippen MR) is 41.2 cm³/mol. The predicted octanol–water partition coefficient (Wildman–Crippen LogP) is 1.60. The lowest BCUT2D eigenvalue weighted by atomic mass is 10.0. The van der Waals surface area contributed by atoms with Gasteiger partial charge in [-0.15, -0.1) is 0 Å². The van der Waals surface area contributed by atoms with Gasteiger partial charge in [0.25, 0.3) is 0 Å². The molecule has 2 nitrogen and oxygen atoms in total. The van der Waals surface area contributed by atoms with Gasteiger partial charge in [-0.25, -0.2) is 4.39 Å². The van der Waals surface area contributed by atoms with E-state index < -0.39 is 12.0 Å². The van der Waals surface area contributed by atoms with Crippen LogP contribution in [0.4, 0.5) is 4.39 Å². The minimum absolute atomic E-state index is 0.157. The van der Waals surface area contributed by atoms with Crippen LogP contribution in [-0.2, 0) is 0 Å². The average Bonchev–Trinajstić information content (AvgIpc) is 2.12. The lowest BCUT2D eigenvalue weighted by molar-refractivity contribution is 0.0764. The second-order valence-corrected chi connectivity index (χ2v) is 2.64. The summed E-state index contributed by atoms with van der Waals surface area (Å²) in [5.74, 6) is 0.00764. The van der Waals surface area contributed by atoms with Gasteiger partial charge in [0.2, 0.25) is 5.78 Å². The number of carbonyl (C=O) groups is 1. The molecule has 1 aromatic carbocycles. The van der Waals surface area contributed by atoms with E-state index >= 15 is 0 Å². The van der Waals surface area contributed by atoms with Crippen molar-refractivity contribution in [3.8, 4) is 5.75 Å². The van der Waals surface area contributed by atoms with Crippen LogP contribution in [-0.4, -0.2) is 18.6 Å². The fourth-order valence-corrected chi connectivity index (χ4v) is 1.20. The number of para-hydroxylation sites is 1. The van der Waals surface area contributed by atoms with Gasteiger partial charge in [-0.05, 0) is 12.1 Å². The van der Waals surface area contributed by atoms with Crippen LogP contribution in [0.15, 0.2) is 24.3 Å². The standard InChI is InChI=1S/C9H7FO2/c10-7-5-12-8-4-2-1-3-6(8)9(7)11/h1-4,7H,5H2. The molecule has 0 spiro atoms. The van der Waals surface area contributed by atoms with E-state index in [1.807, 2.05) is 0 Å². The monoisotopic (exact) mass is 166 g/mol. The Morgan fingerprint density at radius 1 is 1.42 bits per heavy atom. The number of halogens is 1. The highest BCUT2D eigenvalue weighted by molar-refractivity contribution is 6.02. The molecule has 0 amide bonds. The molecule has 0 saturated heterocycles. The maximum absolute atomic E-state index is 12.8. The van der Waals surface area contributed by atoms with Crippen LogP contribution in [0.25, 0.3) is 0 Å². The summed E-state index contributed by atoms with van der Waals surface area (Å²) < 4.78 is 17.8. The van der Waals surface area contributed by atoms with Gasteiger partial charge < -0.3 is 4.74 Å². The highest BCUT2D eigenvalue weighted by Gasteiger charge is 2.27. The van der Waals surface area contributed by atoms with E-state index in [1.165, 1.54) is 0 Å². The average molecular weight is 166 g/mol. The summed E-state index contributed by atoms with van der Waals surface area (Å²) in [5, 5.41) is 0. The molecule has 0 aromatic heterocycles. The van der Waals surface area contributed by atoms with E-state index in [4.69, 9.17) is 4.74 Å². The molecule has 2 rings (SSSR count). The Bertz CT molecular complexity index is 322. The lowest BCUT2D eigenvalue weighted by Gasteiger charge is -2.18. The molecule has 1 heterocycles. The van der Waals surface area contributed by atoms with Crippen molar-refractivity contribution in [2.75, 3.05) is 6.61 Å². The van der Waals surface area contributed by atoms with Gasteiger partial charge >= 0.3 is 0 Å². The molecule has 0 fully saturated rings. The Balaban J connectivity index is 2.49. The fourth-order valence-electron chi connectivity index (χ4n) is 1.20. The van der Waals surface area contributed by atoms with Crippen molar-refractivity contribution in [2.24, 2.45) is 0 Å². The first kappa shape index (κ1) is 7.28. The number of ketones is 1. The molecular weight excluding hydrogens is 159 g/mol. The van der Waals surface area contributed by atoms with Crippen molar-refractivity contribution in [1.82, 2.24) is 0 Å². The highest BCUT2D eigenvalue weighted by atomic mass is 19.1. The van der Waals surface area contributed by atoms with Gasteiger partial charge in [-0.1, -0.05) is 12.1 Å². The Morgan fingerprint density at radius 3 is 3.00 bits per heavy atom. The van der Waals surface area contributed by atoms with Crippen molar-refractivity contribution in [2.45, 2.75) is 6.17 Å². The number of benzene rings is 1. The molecule has 0 N–H and O–H groups in total. The van der Waals surface area contributed by atoms with Crippen LogP contribution in [0.3, 0.4) is 0 Å². The minimum Gasteiger partial charge on any atom is -0.489 e. The van der Waals surface area contributed by atoms with E-state index in [0.717, 1.165) is 0 Å². The third-order valence-electron chi connectivity index (χ3n) is 1.82. The highest BCUT2D eigenvalue weighted by Crippen LogP contribution is 2.24. The molecule has 1 atom stereocenters. The van der Waals surface area contributed by atoms with Gasteiger partial charge in [0.05, 0.1) is 5.56 Å². The first-order valence-corrected chi connectivity index (χ1v) is 3.69. The van der Waals surface area contributed by atoms with Crippen LogP contribution in [0.1, 0.15) is 10.4 Å². The molecule has 62 valence electrons. The van der Waals surface area contributed by atoms with Crippen molar-refractivity contribution in [1.29, 1.82) is 0 Å². The third-order valence-corrected chi connectivity index (χ3v) is 1.82. The zero-order valence-electron chi connectivity index (χ0n) is 6.29. The van der Waals surface area contributed by atoms with Crippen molar-refractivity contribution >= 4 is 5.78 Å². The Kier molecular flexibility index (Phi) is 1.57. The molecule has 1 aliphatic rings. The molecule has 1 aromatic rings. The number of ether oxygens (including phenoxy) is 1. The largest absolute Gasteiger partial charge is 0.489 e. The molecule has 1 aliphatic heterocycles. The van der Waals surface area contributed by atoms with Crippen molar-refractivity contribution in [3.05, 3.63) is 29.8 Å². The van der Waals surface area contributed by atoms with Crippen molar-refractivity contribution in [3.63, 3.8) is 0 Å². The first-order valence-electron chi connectivity index (χ1n) is 3.69. The van der Waals surface area contributed by atoms with Crippen LogP contribution >= 0.6 is 0 Å². The number of rotatable bonds is 0. The fraction of sp³-hybridized carbons (Fsp3) is 0.222. The molecule has 0 aliphatic carbocycles. The number of Topliss-reactive ketones (excluding diaryl/α,β-unsaturated/α-hetero) is 1. The number of fused-ring (bicyclic) bond motifs is 1. The molecule has 12 heavy (non-hydrogen) atoms.